The van der Waals surface area contributed by atoms with Crippen LogP contribution in [0.4, 0.5) is 5.69 Å². The second-order valence-corrected chi connectivity index (χ2v) is 6.64. The number of benzene rings is 1. The van der Waals surface area contributed by atoms with Gasteiger partial charge >= 0.3 is 0 Å². The van der Waals surface area contributed by atoms with E-state index in [2.05, 4.69) is 10.3 Å². The maximum absolute atomic E-state index is 12.7. The maximum atomic E-state index is 12.7. The molecule has 1 aromatic carbocycles. The Morgan fingerprint density at radius 2 is 2.36 bits per heavy atom. The van der Waals surface area contributed by atoms with Crippen LogP contribution in [-0.2, 0) is 14.3 Å². The Balaban J connectivity index is 1.63. The smallest absolute Gasteiger partial charge is 0.253 e. The fraction of sp³-hybridized carbons (Fsp3) is 0.474. The molecule has 134 valence electrons. The van der Waals surface area contributed by atoms with Gasteiger partial charge in [-0.25, -0.2) is 4.98 Å². The first-order valence-corrected chi connectivity index (χ1v) is 8.76. The summed E-state index contributed by atoms with van der Waals surface area (Å²) >= 11 is 0. The fourth-order valence-corrected chi connectivity index (χ4v) is 2.93. The summed E-state index contributed by atoms with van der Waals surface area (Å²) in [6.07, 6.45) is 6.98. The summed E-state index contributed by atoms with van der Waals surface area (Å²) in [6, 6.07) is 7.65. The Morgan fingerprint density at radius 3 is 3.04 bits per heavy atom. The minimum absolute atomic E-state index is 0.0817. The Bertz CT molecular complexity index is 679. The van der Waals surface area contributed by atoms with Crippen molar-refractivity contribution in [3.8, 4) is 5.69 Å². The van der Waals surface area contributed by atoms with Crippen molar-refractivity contribution in [2.24, 2.45) is 5.92 Å². The van der Waals surface area contributed by atoms with E-state index < -0.39 is 6.10 Å². The van der Waals surface area contributed by atoms with Crippen molar-refractivity contribution in [1.29, 1.82) is 0 Å². The van der Waals surface area contributed by atoms with Gasteiger partial charge in [0, 0.05) is 30.4 Å². The first-order chi connectivity index (χ1) is 12.1. The second-order valence-electron chi connectivity index (χ2n) is 6.64. The van der Waals surface area contributed by atoms with Gasteiger partial charge in [0.15, 0.2) is 0 Å². The molecule has 2 atom stereocenters. The van der Waals surface area contributed by atoms with Crippen LogP contribution in [0.15, 0.2) is 43.0 Å². The maximum Gasteiger partial charge on any atom is 0.253 e. The largest absolute Gasteiger partial charge is 0.376 e. The van der Waals surface area contributed by atoms with Crippen molar-refractivity contribution >= 4 is 11.6 Å². The Morgan fingerprint density at radius 1 is 1.48 bits per heavy atom. The molecule has 2 heterocycles. The Kier molecular flexibility index (Phi) is 5.83. The summed E-state index contributed by atoms with van der Waals surface area (Å²) in [5, 5.41) is 2.96. The predicted octanol–water partition coefficient (Wildman–Crippen LogP) is 3.03. The van der Waals surface area contributed by atoms with E-state index in [9.17, 15) is 4.79 Å². The molecule has 0 radical (unpaired) electrons. The molecule has 6 heteroatoms. The number of hydrogen-bond donors (Lipinski definition) is 1. The van der Waals surface area contributed by atoms with Crippen LogP contribution in [0.2, 0.25) is 0 Å². The van der Waals surface area contributed by atoms with Crippen molar-refractivity contribution in [2.75, 3.05) is 18.5 Å². The van der Waals surface area contributed by atoms with Crippen LogP contribution >= 0.6 is 0 Å². The lowest BCUT2D eigenvalue weighted by Gasteiger charge is -2.22. The molecule has 25 heavy (non-hydrogen) atoms. The molecule has 2 aromatic rings. The Labute approximate surface area is 148 Å². The summed E-state index contributed by atoms with van der Waals surface area (Å²) in [5.74, 6) is -0.0472. The van der Waals surface area contributed by atoms with E-state index in [1.54, 1.807) is 12.5 Å². The van der Waals surface area contributed by atoms with E-state index in [1.807, 2.05) is 48.9 Å². The lowest BCUT2D eigenvalue weighted by Crippen LogP contribution is -2.36. The van der Waals surface area contributed by atoms with E-state index in [0.717, 1.165) is 30.8 Å². The third-order valence-electron chi connectivity index (χ3n) is 4.27. The zero-order valence-electron chi connectivity index (χ0n) is 14.7. The molecule has 1 aliphatic heterocycles. The topological polar surface area (TPSA) is 65.4 Å². The van der Waals surface area contributed by atoms with Gasteiger partial charge in [-0.15, -0.1) is 0 Å². The number of carbonyl (C=O) groups excluding carboxylic acids is 1. The molecule has 1 N–H and O–H groups in total. The molecule has 0 aliphatic carbocycles. The van der Waals surface area contributed by atoms with E-state index in [4.69, 9.17) is 9.47 Å². The average Bonchev–Trinajstić information content (AvgIpc) is 3.29. The lowest BCUT2D eigenvalue weighted by atomic mass is 10.1. The highest BCUT2D eigenvalue weighted by molar-refractivity contribution is 5.94. The summed E-state index contributed by atoms with van der Waals surface area (Å²) < 4.78 is 13.3. The normalized spacial score (nSPS) is 18.4. The van der Waals surface area contributed by atoms with Crippen LogP contribution in [0.1, 0.15) is 26.7 Å². The molecule has 1 aliphatic rings. The van der Waals surface area contributed by atoms with E-state index in [-0.39, 0.29) is 17.9 Å². The second kappa shape index (κ2) is 8.27. The molecule has 1 saturated heterocycles. The zero-order valence-corrected chi connectivity index (χ0v) is 14.7. The van der Waals surface area contributed by atoms with E-state index in [1.165, 1.54) is 0 Å². The van der Waals surface area contributed by atoms with Crippen LogP contribution in [0.3, 0.4) is 0 Å². The highest BCUT2D eigenvalue weighted by Crippen LogP contribution is 2.18. The quantitative estimate of drug-likeness (QED) is 0.839. The number of carbonyl (C=O) groups is 1. The molecule has 0 spiro atoms. The number of nitrogens with one attached hydrogen (secondary N) is 1. The number of anilines is 1. The molecule has 3 rings (SSSR count). The fourth-order valence-electron chi connectivity index (χ4n) is 2.93. The standard InChI is InChI=1S/C19H25N3O3/c1-14(2)18(25-12-17-7-4-10-24-17)19(23)21-15-5-3-6-16(11-15)22-9-8-20-13-22/h3,5-6,8-9,11,13-14,17-18H,4,7,10,12H2,1-2H3,(H,21,23)/t17-,18+/m0/s1. The molecule has 0 bridgehead atoms. The zero-order chi connectivity index (χ0) is 17.6. The number of nitrogens with zero attached hydrogens (tertiary/aromatic N) is 2. The molecule has 0 saturated carbocycles. The van der Waals surface area contributed by atoms with Gasteiger partial charge in [-0.2, -0.15) is 0 Å². The molecule has 1 amide bonds. The summed E-state index contributed by atoms with van der Waals surface area (Å²) in [5.41, 5.74) is 1.68. The molecule has 1 fully saturated rings. The van der Waals surface area contributed by atoms with Gasteiger partial charge in [-0.05, 0) is 37.0 Å². The van der Waals surface area contributed by atoms with Crippen LogP contribution in [0.5, 0.6) is 0 Å². The first-order valence-electron chi connectivity index (χ1n) is 8.76. The third kappa shape index (κ3) is 4.67. The monoisotopic (exact) mass is 343 g/mol. The molecule has 6 nitrogen and oxygen atoms in total. The minimum Gasteiger partial charge on any atom is -0.376 e. The highest BCUT2D eigenvalue weighted by atomic mass is 16.5. The Hall–Kier alpha value is -2.18. The SMILES string of the molecule is CC(C)[C@@H](OC[C@@H]1CCCO1)C(=O)Nc1cccc(-n2ccnc2)c1. The number of hydrogen-bond acceptors (Lipinski definition) is 4. The lowest BCUT2D eigenvalue weighted by molar-refractivity contribution is -0.132. The molecule has 1 aromatic heterocycles. The van der Waals surface area contributed by atoms with Gasteiger partial charge in [-0.1, -0.05) is 19.9 Å². The number of imidazole rings is 1. The number of amides is 1. The average molecular weight is 343 g/mol. The van der Waals surface area contributed by atoms with Gasteiger partial charge in [0.05, 0.1) is 19.0 Å². The highest BCUT2D eigenvalue weighted by Gasteiger charge is 2.26. The number of rotatable bonds is 7. The van der Waals surface area contributed by atoms with Gasteiger partial charge < -0.3 is 19.4 Å². The molecular weight excluding hydrogens is 318 g/mol. The van der Waals surface area contributed by atoms with Gasteiger partial charge in [0.2, 0.25) is 0 Å². The molecular formula is C19H25N3O3. The summed E-state index contributed by atoms with van der Waals surface area (Å²) in [6.45, 7) is 5.22. The molecule has 0 unspecified atom stereocenters. The minimum atomic E-state index is -0.499. The third-order valence-corrected chi connectivity index (χ3v) is 4.27. The van der Waals surface area contributed by atoms with Crippen molar-refractivity contribution in [1.82, 2.24) is 9.55 Å². The number of ether oxygens (including phenoxy) is 2. The summed E-state index contributed by atoms with van der Waals surface area (Å²) in [4.78, 5) is 16.7. The van der Waals surface area contributed by atoms with Crippen LogP contribution < -0.4 is 5.32 Å². The van der Waals surface area contributed by atoms with Crippen LogP contribution in [0.25, 0.3) is 5.69 Å². The number of aromatic nitrogens is 2. The van der Waals surface area contributed by atoms with Gasteiger partial charge in [0.1, 0.15) is 6.10 Å². The van der Waals surface area contributed by atoms with Crippen molar-refractivity contribution in [2.45, 2.75) is 38.9 Å². The van der Waals surface area contributed by atoms with Crippen LogP contribution in [-0.4, -0.2) is 40.9 Å². The van der Waals surface area contributed by atoms with E-state index >= 15 is 0 Å². The van der Waals surface area contributed by atoms with Crippen molar-refractivity contribution in [3.05, 3.63) is 43.0 Å². The van der Waals surface area contributed by atoms with E-state index in [0.29, 0.717) is 6.61 Å². The van der Waals surface area contributed by atoms with Gasteiger partial charge in [-0.3, -0.25) is 4.79 Å². The van der Waals surface area contributed by atoms with Gasteiger partial charge in [0.25, 0.3) is 5.91 Å². The van der Waals surface area contributed by atoms with Crippen molar-refractivity contribution in [3.63, 3.8) is 0 Å². The first kappa shape index (κ1) is 17.6. The van der Waals surface area contributed by atoms with Crippen LogP contribution in [0, 0.1) is 5.92 Å². The van der Waals surface area contributed by atoms with Crippen molar-refractivity contribution < 1.29 is 14.3 Å². The predicted molar refractivity (Wildman–Crippen MR) is 95.7 cm³/mol. The summed E-state index contributed by atoms with van der Waals surface area (Å²) in [7, 11) is 0.